The van der Waals surface area contributed by atoms with Crippen LogP contribution < -0.4 is 10.1 Å². The lowest BCUT2D eigenvalue weighted by Crippen LogP contribution is -2.28. The van der Waals surface area contributed by atoms with Crippen molar-refractivity contribution in [2.24, 2.45) is 5.92 Å². The van der Waals surface area contributed by atoms with E-state index < -0.39 is 0 Å². The van der Waals surface area contributed by atoms with E-state index >= 15 is 0 Å². The van der Waals surface area contributed by atoms with Crippen molar-refractivity contribution in [3.63, 3.8) is 0 Å². The third-order valence-electron chi connectivity index (χ3n) is 4.35. The zero-order chi connectivity index (χ0) is 16.9. The number of benzene rings is 2. The summed E-state index contributed by atoms with van der Waals surface area (Å²) in [5.74, 6) is 1.28. The maximum Gasteiger partial charge on any atom is 0.244 e. The summed E-state index contributed by atoms with van der Waals surface area (Å²) in [7, 11) is 1.64. The molecule has 124 valence electrons. The average molecular weight is 321 g/mol. The summed E-state index contributed by atoms with van der Waals surface area (Å²) in [6.45, 7) is 2.07. The lowest BCUT2D eigenvalue weighted by atomic mass is 10.0. The van der Waals surface area contributed by atoms with Crippen molar-refractivity contribution in [2.75, 3.05) is 7.11 Å². The molecule has 0 aromatic heterocycles. The Kier molecular flexibility index (Phi) is 4.99. The highest BCUT2D eigenvalue weighted by Crippen LogP contribution is 2.41. The summed E-state index contributed by atoms with van der Waals surface area (Å²) in [5, 5.41) is 3.16. The number of hydrogen-bond acceptors (Lipinski definition) is 2. The Morgan fingerprint density at radius 1 is 1.21 bits per heavy atom. The van der Waals surface area contributed by atoms with Gasteiger partial charge < -0.3 is 10.1 Å². The quantitative estimate of drug-likeness (QED) is 0.806. The molecule has 2 aromatic carbocycles. The van der Waals surface area contributed by atoms with E-state index in [0.717, 1.165) is 11.3 Å². The predicted molar refractivity (Wildman–Crippen MR) is 96.8 cm³/mol. The molecule has 1 saturated carbocycles. The van der Waals surface area contributed by atoms with Crippen LogP contribution in [-0.4, -0.2) is 13.0 Å². The third kappa shape index (κ3) is 4.25. The molecule has 1 amide bonds. The number of carbonyl (C=O) groups is 1. The molecule has 3 rings (SSSR count). The SMILES string of the molecule is COc1cccc(/C=C/C(=O)NC(c2ccc(C)cc2)C2CC2)c1. The predicted octanol–water partition coefficient (Wildman–Crippen LogP) is 4.28. The van der Waals surface area contributed by atoms with Crippen molar-refractivity contribution in [3.05, 3.63) is 71.3 Å². The summed E-state index contributed by atoms with van der Waals surface area (Å²) in [5.41, 5.74) is 3.37. The van der Waals surface area contributed by atoms with Crippen LogP contribution in [0.5, 0.6) is 5.75 Å². The van der Waals surface area contributed by atoms with E-state index in [0.29, 0.717) is 5.92 Å². The van der Waals surface area contributed by atoms with Crippen LogP contribution in [0, 0.1) is 12.8 Å². The van der Waals surface area contributed by atoms with E-state index in [9.17, 15) is 4.79 Å². The van der Waals surface area contributed by atoms with Crippen molar-refractivity contribution >= 4 is 12.0 Å². The van der Waals surface area contributed by atoms with Gasteiger partial charge in [0.25, 0.3) is 0 Å². The second kappa shape index (κ2) is 7.35. The van der Waals surface area contributed by atoms with E-state index in [1.807, 2.05) is 30.3 Å². The van der Waals surface area contributed by atoms with Gasteiger partial charge in [0.2, 0.25) is 5.91 Å². The van der Waals surface area contributed by atoms with Gasteiger partial charge in [0.1, 0.15) is 5.75 Å². The first-order valence-electron chi connectivity index (χ1n) is 8.35. The summed E-state index contributed by atoms with van der Waals surface area (Å²) in [4.78, 5) is 12.3. The molecule has 1 N–H and O–H groups in total. The van der Waals surface area contributed by atoms with Crippen LogP contribution in [0.15, 0.2) is 54.6 Å². The molecule has 0 radical (unpaired) electrons. The minimum atomic E-state index is -0.0599. The lowest BCUT2D eigenvalue weighted by Gasteiger charge is -2.18. The number of carbonyl (C=O) groups excluding carboxylic acids is 1. The van der Waals surface area contributed by atoms with Gasteiger partial charge in [0.05, 0.1) is 13.2 Å². The topological polar surface area (TPSA) is 38.3 Å². The van der Waals surface area contributed by atoms with Crippen LogP contribution in [0.25, 0.3) is 6.08 Å². The summed E-state index contributed by atoms with van der Waals surface area (Å²) < 4.78 is 5.20. The standard InChI is InChI=1S/C21H23NO2/c1-15-6-9-17(10-7-15)21(18-11-12-18)22-20(23)13-8-16-4-3-5-19(14-16)24-2/h3-10,13-14,18,21H,11-12H2,1-2H3,(H,22,23)/b13-8+. The van der Waals surface area contributed by atoms with Crippen LogP contribution in [0.2, 0.25) is 0 Å². The molecular weight excluding hydrogens is 298 g/mol. The average Bonchev–Trinajstić information content (AvgIpc) is 3.44. The van der Waals surface area contributed by atoms with Crippen LogP contribution in [0.1, 0.15) is 35.6 Å². The van der Waals surface area contributed by atoms with Gasteiger partial charge in [-0.05, 0) is 55.0 Å². The minimum absolute atomic E-state index is 0.0599. The van der Waals surface area contributed by atoms with Gasteiger partial charge >= 0.3 is 0 Å². The van der Waals surface area contributed by atoms with Gasteiger partial charge in [-0.25, -0.2) is 0 Å². The molecule has 1 aliphatic rings. The molecule has 0 bridgehead atoms. The maximum absolute atomic E-state index is 12.3. The Morgan fingerprint density at radius 3 is 2.62 bits per heavy atom. The highest BCUT2D eigenvalue weighted by molar-refractivity contribution is 5.92. The van der Waals surface area contributed by atoms with Gasteiger partial charge in [-0.15, -0.1) is 0 Å². The minimum Gasteiger partial charge on any atom is -0.497 e. The summed E-state index contributed by atoms with van der Waals surface area (Å²) in [6.07, 6.45) is 5.77. The first-order valence-corrected chi connectivity index (χ1v) is 8.35. The Morgan fingerprint density at radius 2 is 1.96 bits per heavy atom. The monoisotopic (exact) mass is 321 g/mol. The van der Waals surface area contributed by atoms with Gasteiger partial charge in [0.15, 0.2) is 0 Å². The summed E-state index contributed by atoms with van der Waals surface area (Å²) >= 11 is 0. The molecule has 24 heavy (non-hydrogen) atoms. The number of methoxy groups -OCH3 is 1. The fourth-order valence-corrected chi connectivity index (χ4v) is 2.80. The number of nitrogens with one attached hydrogen (secondary N) is 1. The number of ether oxygens (including phenoxy) is 1. The first kappa shape index (κ1) is 16.3. The molecular formula is C21H23NO2. The van der Waals surface area contributed by atoms with E-state index in [1.54, 1.807) is 13.2 Å². The molecule has 1 aliphatic carbocycles. The van der Waals surface area contributed by atoms with Crippen molar-refractivity contribution in [3.8, 4) is 5.75 Å². The lowest BCUT2D eigenvalue weighted by molar-refractivity contribution is -0.117. The van der Waals surface area contributed by atoms with Crippen LogP contribution in [0.4, 0.5) is 0 Å². The zero-order valence-electron chi connectivity index (χ0n) is 14.2. The Balaban J connectivity index is 1.67. The van der Waals surface area contributed by atoms with E-state index in [4.69, 9.17) is 4.74 Å². The van der Waals surface area contributed by atoms with Crippen molar-refractivity contribution < 1.29 is 9.53 Å². The molecule has 1 unspecified atom stereocenters. The second-order valence-electron chi connectivity index (χ2n) is 6.34. The number of amides is 1. The fourth-order valence-electron chi connectivity index (χ4n) is 2.80. The van der Waals surface area contributed by atoms with Crippen molar-refractivity contribution in [1.29, 1.82) is 0 Å². The van der Waals surface area contributed by atoms with Crippen LogP contribution in [-0.2, 0) is 4.79 Å². The molecule has 1 atom stereocenters. The molecule has 0 spiro atoms. The smallest absolute Gasteiger partial charge is 0.244 e. The van der Waals surface area contributed by atoms with Crippen molar-refractivity contribution in [2.45, 2.75) is 25.8 Å². The molecule has 3 heteroatoms. The first-order chi connectivity index (χ1) is 11.7. The second-order valence-corrected chi connectivity index (χ2v) is 6.34. The molecule has 0 saturated heterocycles. The Hall–Kier alpha value is -2.55. The van der Waals surface area contributed by atoms with Gasteiger partial charge in [-0.2, -0.15) is 0 Å². The highest BCUT2D eigenvalue weighted by atomic mass is 16.5. The number of rotatable bonds is 6. The molecule has 2 aromatic rings. The normalized spacial score (nSPS) is 15.2. The van der Waals surface area contributed by atoms with E-state index in [-0.39, 0.29) is 11.9 Å². The molecule has 1 fully saturated rings. The van der Waals surface area contributed by atoms with Gasteiger partial charge in [0, 0.05) is 6.08 Å². The summed E-state index contributed by atoms with van der Waals surface area (Å²) in [6, 6.07) is 16.2. The van der Waals surface area contributed by atoms with Crippen molar-refractivity contribution in [1.82, 2.24) is 5.32 Å². The van der Waals surface area contributed by atoms with Gasteiger partial charge in [-0.1, -0.05) is 42.0 Å². The van der Waals surface area contributed by atoms with E-state index in [1.165, 1.54) is 24.0 Å². The molecule has 0 aliphatic heterocycles. The fraction of sp³-hybridized carbons (Fsp3) is 0.286. The highest BCUT2D eigenvalue weighted by Gasteiger charge is 2.32. The zero-order valence-corrected chi connectivity index (χ0v) is 14.2. The number of hydrogen-bond donors (Lipinski definition) is 1. The van der Waals surface area contributed by atoms with Crippen LogP contribution in [0.3, 0.4) is 0 Å². The van der Waals surface area contributed by atoms with E-state index in [2.05, 4.69) is 36.5 Å². The molecule has 0 heterocycles. The number of aryl methyl sites for hydroxylation is 1. The Labute approximate surface area is 143 Å². The molecule has 3 nitrogen and oxygen atoms in total. The maximum atomic E-state index is 12.3. The Bertz CT molecular complexity index is 730. The van der Waals surface area contributed by atoms with Gasteiger partial charge in [-0.3, -0.25) is 4.79 Å². The van der Waals surface area contributed by atoms with Crippen LogP contribution >= 0.6 is 0 Å². The third-order valence-corrected chi connectivity index (χ3v) is 4.35. The largest absolute Gasteiger partial charge is 0.497 e.